The van der Waals surface area contributed by atoms with Crippen molar-refractivity contribution in [1.29, 1.82) is 0 Å². The minimum Gasteiger partial charge on any atom is -0.379 e. The molecule has 0 bridgehead atoms. The SMILES string of the molecule is Cl.Cl.O=C(CCC1CCNCC1)Nc1cc(Cl)ccc1NCc1ccccc1. The summed E-state index contributed by atoms with van der Waals surface area (Å²) in [6.07, 6.45) is 3.82. The molecule has 28 heavy (non-hydrogen) atoms. The van der Waals surface area contributed by atoms with Gasteiger partial charge in [0.1, 0.15) is 0 Å². The zero-order chi connectivity index (χ0) is 18.2. The summed E-state index contributed by atoms with van der Waals surface area (Å²) in [6, 6.07) is 15.7. The van der Waals surface area contributed by atoms with Gasteiger partial charge in [-0.1, -0.05) is 41.9 Å². The lowest BCUT2D eigenvalue weighted by Gasteiger charge is -2.22. The maximum Gasteiger partial charge on any atom is 0.224 e. The van der Waals surface area contributed by atoms with Crippen molar-refractivity contribution in [2.45, 2.75) is 32.2 Å². The lowest BCUT2D eigenvalue weighted by atomic mass is 9.93. The van der Waals surface area contributed by atoms with E-state index in [1.54, 1.807) is 6.07 Å². The van der Waals surface area contributed by atoms with E-state index in [1.165, 1.54) is 5.56 Å². The van der Waals surface area contributed by atoms with Gasteiger partial charge in [-0.2, -0.15) is 0 Å². The molecule has 0 radical (unpaired) electrons. The Morgan fingerprint density at radius 3 is 2.46 bits per heavy atom. The van der Waals surface area contributed by atoms with Gasteiger partial charge in [-0.25, -0.2) is 0 Å². The summed E-state index contributed by atoms with van der Waals surface area (Å²) in [5, 5.41) is 10.4. The molecule has 154 valence electrons. The smallest absolute Gasteiger partial charge is 0.224 e. The molecule has 2 aromatic carbocycles. The highest BCUT2D eigenvalue weighted by atomic mass is 35.5. The Morgan fingerprint density at radius 2 is 1.75 bits per heavy atom. The molecule has 1 fully saturated rings. The fraction of sp³-hybridized carbons (Fsp3) is 0.381. The molecule has 0 unspecified atom stereocenters. The van der Waals surface area contributed by atoms with Crippen LogP contribution in [0.15, 0.2) is 48.5 Å². The number of hydrogen-bond donors (Lipinski definition) is 3. The second-order valence-electron chi connectivity index (χ2n) is 6.81. The number of rotatable bonds is 7. The van der Waals surface area contributed by atoms with Gasteiger partial charge in [-0.3, -0.25) is 4.79 Å². The lowest BCUT2D eigenvalue weighted by Crippen LogP contribution is -2.28. The van der Waals surface area contributed by atoms with E-state index in [0.29, 0.717) is 23.9 Å². The Hall–Kier alpha value is -1.46. The van der Waals surface area contributed by atoms with Crippen molar-refractivity contribution in [1.82, 2.24) is 5.32 Å². The molecule has 1 heterocycles. The average Bonchev–Trinajstić information content (AvgIpc) is 2.67. The van der Waals surface area contributed by atoms with Gasteiger partial charge in [0.2, 0.25) is 5.91 Å². The number of benzene rings is 2. The monoisotopic (exact) mass is 443 g/mol. The predicted molar refractivity (Wildman–Crippen MR) is 123 cm³/mol. The largest absolute Gasteiger partial charge is 0.379 e. The third-order valence-electron chi connectivity index (χ3n) is 4.82. The van der Waals surface area contributed by atoms with Gasteiger partial charge in [0.15, 0.2) is 0 Å². The van der Waals surface area contributed by atoms with Gasteiger partial charge in [-0.05, 0) is 62.0 Å². The van der Waals surface area contributed by atoms with Crippen LogP contribution in [-0.4, -0.2) is 19.0 Å². The fourth-order valence-electron chi connectivity index (χ4n) is 3.29. The highest BCUT2D eigenvalue weighted by Gasteiger charge is 2.15. The van der Waals surface area contributed by atoms with E-state index < -0.39 is 0 Å². The van der Waals surface area contributed by atoms with E-state index in [4.69, 9.17) is 11.6 Å². The topological polar surface area (TPSA) is 53.2 Å². The molecule has 3 N–H and O–H groups in total. The molecule has 0 atom stereocenters. The highest BCUT2D eigenvalue weighted by molar-refractivity contribution is 6.31. The van der Waals surface area contributed by atoms with Crippen LogP contribution >= 0.6 is 36.4 Å². The summed E-state index contributed by atoms with van der Waals surface area (Å²) in [5.74, 6) is 0.700. The summed E-state index contributed by atoms with van der Waals surface area (Å²) >= 11 is 6.13. The maximum atomic E-state index is 12.4. The first kappa shape index (κ1) is 24.6. The second kappa shape index (κ2) is 12.9. The van der Waals surface area contributed by atoms with E-state index >= 15 is 0 Å². The summed E-state index contributed by atoms with van der Waals surface area (Å²) in [5.41, 5.74) is 2.81. The molecule has 0 aromatic heterocycles. The Morgan fingerprint density at radius 1 is 1.04 bits per heavy atom. The van der Waals surface area contributed by atoms with Crippen molar-refractivity contribution >= 4 is 53.7 Å². The van der Waals surface area contributed by atoms with Crippen LogP contribution < -0.4 is 16.0 Å². The molecule has 7 heteroatoms. The molecule has 0 saturated carbocycles. The van der Waals surface area contributed by atoms with Crippen molar-refractivity contribution in [3.63, 3.8) is 0 Å². The number of hydrogen-bond acceptors (Lipinski definition) is 3. The van der Waals surface area contributed by atoms with Crippen LogP contribution in [0.3, 0.4) is 0 Å². The molecule has 1 saturated heterocycles. The van der Waals surface area contributed by atoms with E-state index in [9.17, 15) is 4.79 Å². The Bertz CT molecular complexity index is 722. The van der Waals surface area contributed by atoms with Gasteiger partial charge < -0.3 is 16.0 Å². The number of amides is 1. The molecular formula is C21H28Cl3N3O. The van der Waals surface area contributed by atoms with E-state index in [0.717, 1.165) is 43.7 Å². The third-order valence-corrected chi connectivity index (χ3v) is 5.05. The fourth-order valence-corrected chi connectivity index (χ4v) is 3.46. The summed E-state index contributed by atoms with van der Waals surface area (Å²) in [6.45, 7) is 2.82. The van der Waals surface area contributed by atoms with Crippen molar-refractivity contribution in [2.24, 2.45) is 5.92 Å². The minimum atomic E-state index is 0. The molecule has 4 nitrogen and oxygen atoms in total. The number of carbonyl (C=O) groups excluding carboxylic acids is 1. The van der Waals surface area contributed by atoms with Crippen LogP contribution in [0.5, 0.6) is 0 Å². The molecule has 3 rings (SSSR count). The summed E-state index contributed by atoms with van der Waals surface area (Å²) in [7, 11) is 0. The van der Waals surface area contributed by atoms with Crippen LogP contribution in [0.1, 0.15) is 31.2 Å². The Kier molecular flexibility index (Phi) is 11.3. The van der Waals surface area contributed by atoms with E-state index in [-0.39, 0.29) is 30.7 Å². The van der Waals surface area contributed by atoms with Crippen LogP contribution in [0, 0.1) is 5.92 Å². The zero-order valence-electron chi connectivity index (χ0n) is 15.7. The average molecular weight is 445 g/mol. The van der Waals surface area contributed by atoms with Crippen molar-refractivity contribution in [3.05, 3.63) is 59.1 Å². The van der Waals surface area contributed by atoms with Gasteiger partial charge in [0.25, 0.3) is 0 Å². The second-order valence-corrected chi connectivity index (χ2v) is 7.25. The molecule has 1 amide bonds. The van der Waals surface area contributed by atoms with Crippen molar-refractivity contribution in [3.8, 4) is 0 Å². The van der Waals surface area contributed by atoms with Crippen LogP contribution in [0.2, 0.25) is 5.02 Å². The minimum absolute atomic E-state index is 0. The van der Waals surface area contributed by atoms with Crippen LogP contribution in [-0.2, 0) is 11.3 Å². The van der Waals surface area contributed by atoms with Gasteiger partial charge in [-0.15, -0.1) is 24.8 Å². The summed E-state index contributed by atoms with van der Waals surface area (Å²) in [4.78, 5) is 12.4. The molecule has 0 spiro atoms. The van der Waals surface area contributed by atoms with Crippen molar-refractivity contribution < 1.29 is 4.79 Å². The van der Waals surface area contributed by atoms with Gasteiger partial charge in [0.05, 0.1) is 11.4 Å². The molecule has 1 aliphatic heterocycles. The number of carbonyl (C=O) groups is 1. The standard InChI is InChI=1S/C21H26ClN3O.2ClH/c22-18-7-8-19(24-15-17-4-2-1-3-5-17)20(14-18)25-21(26)9-6-16-10-12-23-13-11-16;;/h1-5,7-8,14,16,23-24H,6,9-13,15H2,(H,25,26);2*1H. The number of halogens is 3. The normalized spacial score (nSPS) is 13.8. The highest BCUT2D eigenvalue weighted by Crippen LogP contribution is 2.27. The number of nitrogens with one attached hydrogen (secondary N) is 3. The summed E-state index contributed by atoms with van der Waals surface area (Å²) < 4.78 is 0. The predicted octanol–water partition coefficient (Wildman–Crippen LogP) is 5.51. The van der Waals surface area contributed by atoms with Gasteiger partial charge >= 0.3 is 0 Å². The molecule has 0 aliphatic carbocycles. The van der Waals surface area contributed by atoms with Crippen molar-refractivity contribution in [2.75, 3.05) is 23.7 Å². The third kappa shape index (κ3) is 7.88. The zero-order valence-corrected chi connectivity index (χ0v) is 18.1. The Balaban J connectivity index is 0.00000196. The number of piperidine rings is 1. The van der Waals surface area contributed by atoms with Crippen LogP contribution in [0.4, 0.5) is 11.4 Å². The van der Waals surface area contributed by atoms with E-state index in [2.05, 4.69) is 28.1 Å². The van der Waals surface area contributed by atoms with Gasteiger partial charge in [0, 0.05) is 18.0 Å². The number of anilines is 2. The maximum absolute atomic E-state index is 12.4. The lowest BCUT2D eigenvalue weighted by molar-refractivity contribution is -0.116. The molecular weight excluding hydrogens is 417 g/mol. The molecule has 2 aromatic rings. The quantitative estimate of drug-likeness (QED) is 0.527. The van der Waals surface area contributed by atoms with E-state index in [1.807, 2.05) is 30.3 Å². The van der Waals surface area contributed by atoms with Crippen LogP contribution in [0.25, 0.3) is 0 Å². The molecule has 1 aliphatic rings. The first-order valence-corrected chi connectivity index (χ1v) is 9.66. The first-order chi connectivity index (χ1) is 12.7. The Labute approximate surface area is 184 Å². The first-order valence-electron chi connectivity index (χ1n) is 9.28.